The lowest BCUT2D eigenvalue weighted by molar-refractivity contribution is -0.384. The summed E-state index contributed by atoms with van der Waals surface area (Å²) < 4.78 is 0. The number of imide groups is 1. The quantitative estimate of drug-likeness (QED) is 0.274. The number of carbonyl (C=O) groups excluding carboxylic acids is 3. The van der Waals surface area contributed by atoms with Crippen LogP contribution in [0.25, 0.3) is 0 Å². The zero-order valence-corrected chi connectivity index (χ0v) is 17.4. The average Bonchev–Trinajstić information content (AvgIpc) is 3.08. The lowest BCUT2D eigenvalue weighted by atomic mass is 10.0. The second kappa shape index (κ2) is 8.51. The third kappa shape index (κ3) is 4.18. The van der Waals surface area contributed by atoms with E-state index < -0.39 is 34.6 Å². The molecule has 3 N–H and O–H groups in total. The Morgan fingerprint density at radius 3 is 2.03 bits per heavy atom. The number of carboxylic acids is 2. The summed E-state index contributed by atoms with van der Waals surface area (Å²) in [5, 5.41) is 31.8. The highest BCUT2D eigenvalue weighted by molar-refractivity contribution is 6.34. The second-order valence-electron chi connectivity index (χ2n) is 7.35. The van der Waals surface area contributed by atoms with E-state index in [1.165, 1.54) is 30.3 Å². The third-order valence-electron chi connectivity index (χ3n) is 5.13. The molecule has 0 saturated carbocycles. The highest BCUT2D eigenvalue weighted by atomic mass is 16.6. The molecule has 0 aromatic heterocycles. The maximum absolute atomic E-state index is 12.9. The lowest BCUT2D eigenvalue weighted by Crippen LogP contribution is -2.29. The van der Waals surface area contributed by atoms with Gasteiger partial charge in [0, 0.05) is 23.4 Å². The number of amides is 3. The van der Waals surface area contributed by atoms with Gasteiger partial charge in [-0.1, -0.05) is 6.07 Å². The number of hydrogen-bond donors (Lipinski definition) is 3. The molecule has 0 saturated heterocycles. The molecule has 35 heavy (non-hydrogen) atoms. The summed E-state index contributed by atoms with van der Waals surface area (Å²) >= 11 is 0. The van der Waals surface area contributed by atoms with E-state index in [1.807, 2.05) is 0 Å². The molecule has 0 spiro atoms. The number of aromatic carboxylic acids is 2. The summed E-state index contributed by atoms with van der Waals surface area (Å²) in [6.45, 7) is 0. The van der Waals surface area contributed by atoms with Crippen molar-refractivity contribution < 1.29 is 39.1 Å². The molecule has 0 radical (unpaired) electrons. The summed E-state index contributed by atoms with van der Waals surface area (Å²) in [7, 11) is 0. The van der Waals surface area contributed by atoms with Crippen molar-refractivity contribution in [1.29, 1.82) is 0 Å². The van der Waals surface area contributed by atoms with Gasteiger partial charge in [0.15, 0.2) is 0 Å². The number of hydrogen-bond acceptors (Lipinski definition) is 7. The van der Waals surface area contributed by atoms with E-state index in [0.29, 0.717) is 0 Å². The summed E-state index contributed by atoms with van der Waals surface area (Å²) in [5.74, 6) is -5.10. The number of nitrogens with one attached hydrogen (secondary N) is 1. The number of carboxylic acid groups (broad SMARTS) is 2. The topological polar surface area (TPSA) is 184 Å². The summed E-state index contributed by atoms with van der Waals surface area (Å²) in [4.78, 5) is 72.1. The predicted octanol–water partition coefficient (Wildman–Crippen LogP) is 3.04. The maximum Gasteiger partial charge on any atom is 0.335 e. The number of nitrogens with zero attached hydrogens (tertiary/aromatic N) is 2. The Hall–Kier alpha value is -5.39. The zero-order valence-electron chi connectivity index (χ0n) is 17.4. The predicted molar refractivity (Wildman–Crippen MR) is 119 cm³/mol. The van der Waals surface area contributed by atoms with Crippen molar-refractivity contribution in [3.8, 4) is 0 Å². The molecule has 12 nitrogen and oxygen atoms in total. The van der Waals surface area contributed by atoms with E-state index in [0.717, 1.165) is 35.2 Å². The van der Waals surface area contributed by atoms with Crippen molar-refractivity contribution in [1.82, 2.24) is 0 Å². The molecule has 4 rings (SSSR count). The molecule has 12 heteroatoms. The summed E-state index contributed by atoms with van der Waals surface area (Å²) in [6.07, 6.45) is 0. The first-order chi connectivity index (χ1) is 16.6. The van der Waals surface area contributed by atoms with Crippen LogP contribution in [0.3, 0.4) is 0 Å². The van der Waals surface area contributed by atoms with E-state index in [4.69, 9.17) is 0 Å². The van der Waals surface area contributed by atoms with Crippen LogP contribution in [0.4, 0.5) is 17.1 Å². The van der Waals surface area contributed by atoms with E-state index in [1.54, 1.807) is 0 Å². The van der Waals surface area contributed by atoms with Crippen LogP contribution in [-0.2, 0) is 0 Å². The highest BCUT2D eigenvalue weighted by Crippen LogP contribution is 2.31. The Morgan fingerprint density at radius 2 is 1.43 bits per heavy atom. The normalized spacial score (nSPS) is 12.3. The SMILES string of the molecule is O=C(O)c1cc(NC(=O)c2ccc3c(c2)C(=O)N(c2cccc([N+](=O)[O-])c2)C3=O)cc(C(=O)O)c1. The van der Waals surface area contributed by atoms with Gasteiger partial charge in [0.05, 0.1) is 32.9 Å². The van der Waals surface area contributed by atoms with Gasteiger partial charge in [-0.25, -0.2) is 14.5 Å². The molecular formula is C23H13N3O9. The smallest absolute Gasteiger partial charge is 0.335 e. The Kier molecular flexibility index (Phi) is 5.54. The molecular weight excluding hydrogens is 462 g/mol. The molecule has 3 aromatic rings. The van der Waals surface area contributed by atoms with Crippen molar-refractivity contribution in [2.24, 2.45) is 0 Å². The number of nitro groups is 1. The monoisotopic (exact) mass is 475 g/mol. The first-order valence-corrected chi connectivity index (χ1v) is 9.77. The fourth-order valence-electron chi connectivity index (χ4n) is 3.51. The molecule has 0 atom stereocenters. The maximum atomic E-state index is 12.9. The zero-order chi connectivity index (χ0) is 25.4. The lowest BCUT2D eigenvalue weighted by Gasteiger charge is -2.13. The van der Waals surface area contributed by atoms with Crippen molar-refractivity contribution in [3.63, 3.8) is 0 Å². The van der Waals surface area contributed by atoms with Gasteiger partial charge in [0.1, 0.15) is 0 Å². The standard InChI is InChI=1S/C23H13N3O9/c27-19(24-14-7-12(22(30)31)6-13(8-14)23(32)33)11-4-5-17-18(9-11)21(29)25(20(17)28)15-2-1-3-16(10-15)26(34)35/h1-10H,(H,24,27)(H,30,31)(H,32,33). The highest BCUT2D eigenvalue weighted by Gasteiger charge is 2.37. The van der Waals surface area contributed by atoms with Crippen LogP contribution in [0.2, 0.25) is 0 Å². The largest absolute Gasteiger partial charge is 0.478 e. The van der Waals surface area contributed by atoms with Gasteiger partial charge in [-0.2, -0.15) is 0 Å². The van der Waals surface area contributed by atoms with Gasteiger partial charge in [-0.05, 0) is 42.5 Å². The Balaban J connectivity index is 1.64. The van der Waals surface area contributed by atoms with Crippen LogP contribution in [0.1, 0.15) is 51.8 Å². The minimum absolute atomic E-state index is 0.0110. The van der Waals surface area contributed by atoms with Crippen LogP contribution in [0.5, 0.6) is 0 Å². The summed E-state index contributed by atoms with van der Waals surface area (Å²) in [5.41, 5.74) is -1.34. The van der Waals surface area contributed by atoms with Crippen molar-refractivity contribution in [3.05, 3.63) is 98.6 Å². The molecule has 174 valence electrons. The molecule has 0 aliphatic carbocycles. The van der Waals surface area contributed by atoms with Gasteiger partial charge in [-0.3, -0.25) is 24.5 Å². The third-order valence-corrected chi connectivity index (χ3v) is 5.13. The minimum Gasteiger partial charge on any atom is -0.478 e. The van der Waals surface area contributed by atoms with Crippen LogP contribution in [0, 0.1) is 10.1 Å². The summed E-state index contributed by atoms with van der Waals surface area (Å²) in [6, 6.07) is 11.7. The van der Waals surface area contributed by atoms with Crippen LogP contribution >= 0.6 is 0 Å². The number of anilines is 2. The molecule has 3 amide bonds. The number of benzene rings is 3. The van der Waals surface area contributed by atoms with Gasteiger partial charge in [0.25, 0.3) is 23.4 Å². The van der Waals surface area contributed by atoms with Crippen LogP contribution in [-0.4, -0.2) is 44.8 Å². The van der Waals surface area contributed by atoms with E-state index in [-0.39, 0.29) is 44.9 Å². The fourth-order valence-corrected chi connectivity index (χ4v) is 3.51. The van der Waals surface area contributed by atoms with E-state index in [2.05, 4.69) is 5.32 Å². The van der Waals surface area contributed by atoms with Crippen molar-refractivity contribution >= 4 is 46.7 Å². The molecule has 0 fully saturated rings. The first kappa shape index (κ1) is 22.8. The Morgan fingerprint density at radius 1 is 0.800 bits per heavy atom. The van der Waals surface area contributed by atoms with E-state index in [9.17, 15) is 44.3 Å². The average molecular weight is 475 g/mol. The van der Waals surface area contributed by atoms with Crippen molar-refractivity contribution in [2.45, 2.75) is 0 Å². The molecule has 1 aliphatic rings. The molecule has 0 unspecified atom stereocenters. The number of fused-ring (bicyclic) bond motifs is 1. The second-order valence-corrected chi connectivity index (χ2v) is 7.35. The first-order valence-electron chi connectivity index (χ1n) is 9.77. The Labute approximate surface area is 195 Å². The molecule has 1 aliphatic heterocycles. The number of nitro benzene ring substituents is 1. The van der Waals surface area contributed by atoms with Gasteiger partial charge in [-0.15, -0.1) is 0 Å². The van der Waals surface area contributed by atoms with Gasteiger partial charge >= 0.3 is 11.9 Å². The Bertz CT molecular complexity index is 1450. The van der Waals surface area contributed by atoms with Gasteiger partial charge in [0.2, 0.25) is 0 Å². The van der Waals surface area contributed by atoms with Crippen LogP contribution in [0.15, 0.2) is 60.7 Å². The molecule has 1 heterocycles. The number of non-ortho nitro benzene ring substituents is 1. The number of carbonyl (C=O) groups is 5. The van der Waals surface area contributed by atoms with Crippen LogP contribution < -0.4 is 10.2 Å². The molecule has 3 aromatic carbocycles. The number of rotatable bonds is 6. The van der Waals surface area contributed by atoms with Gasteiger partial charge < -0.3 is 15.5 Å². The molecule has 0 bridgehead atoms. The minimum atomic E-state index is -1.40. The van der Waals surface area contributed by atoms with E-state index >= 15 is 0 Å². The van der Waals surface area contributed by atoms with Crippen molar-refractivity contribution in [2.75, 3.05) is 10.2 Å². The fraction of sp³-hybridized carbons (Fsp3) is 0.